The maximum absolute atomic E-state index is 12.8. The van der Waals surface area contributed by atoms with Gasteiger partial charge in [-0.25, -0.2) is 0 Å². The predicted octanol–water partition coefficient (Wildman–Crippen LogP) is 1.71. The van der Waals surface area contributed by atoms with Gasteiger partial charge in [0.1, 0.15) is 0 Å². The van der Waals surface area contributed by atoms with E-state index in [1.807, 2.05) is 0 Å². The zero-order valence-electron chi connectivity index (χ0n) is 13.8. The Morgan fingerprint density at radius 3 is 2.57 bits per heavy atom. The van der Waals surface area contributed by atoms with Gasteiger partial charge in [0.2, 0.25) is 5.91 Å². The summed E-state index contributed by atoms with van der Waals surface area (Å²) in [4.78, 5) is 17.2. The minimum atomic E-state index is 0.0810. The van der Waals surface area contributed by atoms with E-state index in [0.29, 0.717) is 23.9 Å². The highest BCUT2D eigenvalue weighted by atomic mass is 16.2. The fraction of sp³-hybridized carbons (Fsp3) is 0.941. The summed E-state index contributed by atoms with van der Waals surface area (Å²) in [5.74, 6) is 1.76. The Morgan fingerprint density at radius 2 is 1.86 bits per heavy atom. The molecule has 120 valence electrons. The topological polar surface area (TPSA) is 35.6 Å². The summed E-state index contributed by atoms with van der Waals surface area (Å²) in [6.07, 6.45) is 7.63. The molecule has 1 N–H and O–H groups in total. The van der Waals surface area contributed by atoms with Gasteiger partial charge in [0, 0.05) is 25.2 Å². The van der Waals surface area contributed by atoms with E-state index in [9.17, 15) is 4.79 Å². The molecule has 21 heavy (non-hydrogen) atoms. The summed E-state index contributed by atoms with van der Waals surface area (Å²) < 4.78 is 0. The minimum absolute atomic E-state index is 0.0810. The first-order chi connectivity index (χ1) is 10.1. The quantitative estimate of drug-likeness (QED) is 0.842. The molecule has 0 radical (unpaired) electrons. The summed E-state index contributed by atoms with van der Waals surface area (Å²) in [6, 6.07) is 1.20. The highest BCUT2D eigenvalue weighted by molar-refractivity contribution is 5.82. The Bertz CT molecular complexity index is 384. The molecule has 2 aliphatic heterocycles. The lowest BCUT2D eigenvalue weighted by Crippen LogP contribution is -2.55. The van der Waals surface area contributed by atoms with Crippen LogP contribution in [0, 0.1) is 11.8 Å². The van der Waals surface area contributed by atoms with Crippen LogP contribution in [-0.2, 0) is 4.79 Å². The van der Waals surface area contributed by atoms with Crippen molar-refractivity contribution in [1.82, 2.24) is 15.1 Å². The number of amides is 1. The van der Waals surface area contributed by atoms with Gasteiger partial charge in [-0.15, -0.1) is 0 Å². The average molecular weight is 293 g/mol. The molecular formula is C17H31N3O. The van der Waals surface area contributed by atoms with Gasteiger partial charge in [-0.2, -0.15) is 0 Å². The van der Waals surface area contributed by atoms with Crippen LogP contribution in [0.1, 0.15) is 45.4 Å². The molecule has 0 bridgehead atoms. The molecule has 0 spiro atoms. The van der Waals surface area contributed by atoms with Gasteiger partial charge in [-0.3, -0.25) is 4.79 Å². The molecule has 0 aromatic rings. The van der Waals surface area contributed by atoms with Crippen LogP contribution in [0.25, 0.3) is 0 Å². The summed E-state index contributed by atoms with van der Waals surface area (Å²) in [6.45, 7) is 4.09. The smallest absolute Gasteiger partial charge is 0.239 e. The molecule has 3 fully saturated rings. The van der Waals surface area contributed by atoms with Crippen LogP contribution < -0.4 is 5.32 Å². The molecular weight excluding hydrogens is 262 g/mol. The van der Waals surface area contributed by atoms with Gasteiger partial charge in [0.05, 0.1) is 6.04 Å². The summed E-state index contributed by atoms with van der Waals surface area (Å²) in [5.41, 5.74) is 0. The van der Waals surface area contributed by atoms with E-state index in [1.54, 1.807) is 0 Å². The van der Waals surface area contributed by atoms with E-state index < -0.39 is 0 Å². The van der Waals surface area contributed by atoms with Crippen molar-refractivity contribution in [3.8, 4) is 0 Å². The maximum Gasteiger partial charge on any atom is 0.239 e. The van der Waals surface area contributed by atoms with Crippen molar-refractivity contribution in [2.45, 2.75) is 63.6 Å². The molecule has 0 aromatic heterocycles. The lowest BCUT2D eigenvalue weighted by Gasteiger charge is -2.40. The van der Waals surface area contributed by atoms with Crippen LogP contribution >= 0.6 is 0 Å². The molecule has 1 amide bonds. The van der Waals surface area contributed by atoms with Crippen molar-refractivity contribution in [3.05, 3.63) is 0 Å². The highest BCUT2D eigenvalue weighted by Crippen LogP contribution is 2.33. The van der Waals surface area contributed by atoms with E-state index in [0.717, 1.165) is 25.4 Å². The maximum atomic E-state index is 12.8. The number of carbonyl (C=O) groups excluding carboxylic acids is 1. The normalized spacial score (nSPS) is 40.4. The average Bonchev–Trinajstić information content (AvgIpc) is 2.88. The van der Waals surface area contributed by atoms with Crippen LogP contribution in [0.15, 0.2) is 0 Å². The molecule has 1 saturated carbocycles. The van der Waals surface area contributed by atoms with E-state index in [1.165, 1.54) is 32.1 Å². The third-order valence-corrected chi connectivity index (χ3v) is 6.00. The Balaban J connectivity index is 1.58. The van der Waals surface area contributed by atoms with Gasteiger partial charge in [0.15, 0.2) is 0 Å². The summed E-state index contributed by atoms with van der Waals surface area (Å²) in [7, 11) is 4.25. The molecule has 2 heterocycles. The number of rotatable bonds is 2. The summed E-state index contributed by atoms with van der Waals surface area (Å²) >= 11 is 0. The Hall–Kier alpha value is -0.610. The monoisotopic (exact) mass is 293 g/mol. The van der Waals surface area contributed by atoms with Crippen molar-refractivity contribution < 1.29 is 4.79 Å². The third kappa shape index (κ3) is 3.11. The molecule has 5 atom stereocenters. The summed E-state index contributed by atoms with van der Waals surface area (Å²) in [5, 5.41) is 3.69. The van der Waals surface area contributed by atoms with Crippen LogP contribution in [0.4, 0.5) is 0 Å². The van der Waals surface area contributed by atoms with Crippen molar-refractivity contribution in [2.24, 2.45) is 11.8 Å². The molecule has 1 aliphatic carbocycles. The molecule has 4 heteroatoms. The van der Waals surface area contributed by atoms with Gasteiger partial charge in [0.25, 0.3) is 0 Å². The fourth-order valence-electron chi connectivity index (χ4n) is 4.71. The zero-order valence-corrected chi connectivity index (χ0v) is 13.8. The minimum Gasteiger partial charge on any atom is -0.339 e. The Morgan fingerprint density at radius 1 is 1.10 bits per heavy atom. The van der Waals surface area contributed by atoms with E-state index in [4.69, 9.17) is 0 Å². The highest BCUT2D eigenvalue weighted by Gasteiger charge is 2.39. The van der Waals surface area contributed by atoms with Gasteiger partial charge >= 0.3 is 0 Å². The molecule has 0 aromatic carbocycles. The molecule has 4 nitrogen and oxygen atoms in total. The standard InChI is InChI=1S/C17H31N3O/c1-12-10-20(11-16(12)19(2)3)17(21)15-9-8-13-6-4-5-7-14(13)18-15/h12-16,18H,4-11H2,1-3H3. The number of likely N-dealkylation sites (N-methyl/N-ethyl adjacent to an activating group) is 1. The van der Waals surface area contributed by atoms with Crippen molar-refractivity contribution in [1.29, 1.82) is 0 Å². The van der Waals surface area contributed by atoms with Gasteiger partial charge in [-0.05, 0) is 51.6 Å². The van der Waals surface area contributed by atoms with Crippen LogP contribution in [0.5, 0.6) is 0 Å². The first-order valence-electron chi connectivity index (χ1n) is 8.77. The second-order valence-corrected chi connectivity index (χ2v) is 7.70. The first-order valence-corrected chi connectivity index (χ1v) is 8.77. The molecule has 2 saturated heterocycles. The number of likely N-dealkylation sites (tertiary alicyclic amines) is 1. The number of nitrogens with zero attached hydrogens (tertiary/aromatic N) is 2. The Labute approximate surface area is 129 Å². The number of hydrogen-bond donors (Lipinski definition) is 1. The van der Waals surface area contributed by atoms with Crippen molar-refractivity contribution in [3.63, 3.8) is 0 Å². The van der Waals surface area contributed by atoms with E-state index in [2.05, 4.69) is 36.1 Å². The largest absolute Gasteiger partial charge is 0.339 e. The lowest BCUT2D eigenvalue weighted by molar-refractivity contribution is -0.134. The van der Waals surface area contributed by atoms with Crippen LogP contribution in [-0.4, -0.2) is 61.0 Å². The number of carbonyl (C=O) groups is 1. The molecule has 3 rings (SSSR count). The van der Waals surface area contributed by atoms with Crippen LogP contribution in [0.3, 0.4) is 0 Å². The molecule has 3 aliphatic rings. The van der Waals surface area contributed by atoms with Gasteiger partial charge in [-0.1, -0.05) is 19.8 Å². The van der Waals surface area contributed by atoms with E-state index in [-0.39, 0.29) is 6.04 Å². The Kier molecular flexibility index (Phi) is 4.55. The van der Waals surface area contributed by atoms with Crippen LogP contribution in [0.2, 0.25) is 0 Å². The number of fused-ring (bicyclic) bond motifs is 1. The number of hydrogen-bond acceptors (Lipinski definition) is 3. The molecule has 5 unspecified atom stereocenters. The second kappa shape index (κ2) is 6.25. The lowest BCUT2D eigenvalue weighted by atomic mass is 9.77. The number of nitrogens with one attached hydrogen (secondary N) is 1. The van der Waals surface area contributed by atoms with E-state index >= 15 is 0 Å². The van der Waals surface area contributed by atoms with Crippen molar-refractivity contribution >= 4 is 5.91 Å². The van der Waals surface area contributed by atoms with Crippen molar-refractivity contribution in [2.75, 3.05) is 27.2 Å². The third-order valence-electron chi connectivity index (χ3n) is 6.00. The van der Waals surface area contributed by atoms with Gasteiger partial charge < -0.3 is 15.1 Å². The number of piperidine rings is 1. The zero-order chi connectivity index (χ0) is 15.0. The predicted molar refractivity (Wildman–Crippen MR) is 85.1 cm³/mol. The second-order valence-electron chi connectivity index (χ2n) is 7.70. The fourth-order valence-corrected chi connectivity index (χ4v) is 4.71. The SMILES string of the molecule is CC1CN(C(=O)C2CCC3CCCCC3N2)CC1N(C)C. The first kappa shape index (κ1) is 15.3.